The van der Waals surface area contributed by atoms with Gasteiger partial charge in [0, 0.05) is 6.42 Å². The lowest BCUT2D eigenvalue weighted by Crippen LogP contribution is -2.65. The van der Waals surface area contributed by atoms with E-state index in [2.05, 4.69) is 6.92 Å². The third-order valence-corrected chi connectivity index (χ3v) is 13.7. The van der Waals surface area contributed by atoms with Crippen molar-refractivity contribution < 1.29 is 91.9 Å². The SMILES string of the molecule is CCCCC[C@@H](CCCCCCCCCC(=O)OC)O[C@@H]1O[C@@H](C)[C@H](O[C@@H]2O[C@@H](C)[C@H](O[C@@H]3O[C@@H](C)[C@H](O[C@@H]4O[C@@H](C)[C@H](O)[C@H]5OC(C)(C)O[C@@H]45)[C@@H](O)[C@H]3O)[C@@H](O)[C@H]2O)[C@H]2OC(C)(C)O[C@@H]12. The average molecular weight is 951 g/mol. The molecule has 0 unspecified atom stereocenters. The minimum absolute atomic E-state index is 0.0495. The summed E-state index contributed by atoms with van der Waals surface area (Å²) < 4.78 is 79.5. The molecule has 6 aliphatic rings. The second-order valence-corrected chi connectivity index (χ2v) is 20.1. The second-order valence-electron chi connectivity index (χ2n) is 20.1. The van der Waals surface area contributed by atoms with Crippen molar-refractivity contribution in [3.63, 3.8) is 0 Å². The van der Waals surface area contributed by atoms with Crippen molar-refractivity contribution in [3.05, 3.63) is 0 Å². The van der Waals surface area contributed by atoms with Crippen LogP contribution >= 0.6 is 0 Å². The molecule has 0 amide bonds. The molecule has 6 fully saturated rings. The van der Waals surface area contributed by atoms with Crippen LogP contribution in [0.5, 0.6) is 0 Å². The van der Waals surface area contributed by atoms with Crippen molar-refractivity contribution in [2.75, 3.05) is 7.11 Å². The van der Waals surface area contributed by atoms with Gasteiger partial charge in [-0.15, -0.1) is 0 Å². The molecular formula is C47H82O19. The molecule has 6 saturated heterocycles. The summed E-state index contributed by atoms with van der Waals surface area (Å²) in [4.78, 5) is 11.4. The molecule has 6 rings (SSSR count). The Morgan fingerprint density at radius 1 is 0.500 bits per heavy atom. The van der Waals surface area contributed by atoms with Crippen molar-refractivity contribution in [1.29, 1.82) is 0 Å². The fraction of sp³-hybridized carbons (Fsp3) is 0.979. The first-order valence-electron chi connectivity index (χ1n) is 24.7. The molecule has 0 bridgehead atoms. The van der Waals surface area contributed by atoms with E-state index >= 15 is 0 Å². The van der Waals surface area contributed by atoms with E-state index in [1.54, 1.807) is 34.6 Å². The number of aliphatic hydroxyl groups is 5. The zero-order valence-corrected chi connectivity index (χ0v) is 40.8. The zero-order valence-electron chi connectivity index (χ0n) is 40.8. The summed E-state index contributed by atoms with van der Waals surface area (Å²) in [7, 11) is 1.42. The number of rotatable bonds is 22. The van der Waals surface area contributed by atoms with Gasteiger partial charge in [-0.3, -0.25) is 4.79 Å². The third-order valence-electron chi connectivity index (χ3n) is 13.7. The summed E-state index contributed by atoms with van der Waals surface area (Å²) in [6, 6.07) is 0. The van der Waals surface area contributed by atoms with Gasteiger partial charge in [-0.25, -0.2) is 0 Å². The van der Waals surface area contributed by atoms with Crippen molar-refractivity contribution in [2.45, 2.75) is 286 Å². The van der Waals surface area contributed by atoms with E-state index in [9.17, 15) is 30.3 Å². The lowest BCUT2D eigenvalue weighted by atomic mass is 9.96. The van der Waals surface area contributed by atoms with Crippen molar-refractivity contribution in [2.24, 2.45) is 0 Å². The van der Waals surface area contributed by atoms with E-state index in [0.717, 1.165) is 77.0 Å². The van der Waals surface area contributed by atoms with E-state index < -0.39 is 134 Å². The number of ether oxygens (including phenoxy) is 13. The maximum Gasteiger partial charge on any atom is 0.305 e. The van der Waals surface area contributed by atoms with Crippen LogP contribution in [-0.2, 0) is 66.4 Å². The number of esters is 1. The van der Waals surface area contributed by atoms with Crippen LogP contribution < -0.4 is 0 Å². The first-order chi connectivity index (χ1) is 31.2. The molecule has 0 aromatic rings. The number of hydrogen-bond acceptors (Lipinski definition) is 19. The smallest absolute Gasteiger partial charge is 0.305 e. The Kier molecular flexibility index (Phi) is 19.5. The minimum atomic E-state index is -1.65. The number of fused-ring (bicyclic) bond motifs is 2. The fourth-order valence-electron chi connectivity index (χ4n) is 10.0. The molecule has 66 heavy (non-hydrogen) atoms. The van der Waals surface area contributed by atoms with Gasteiger partial charge in [0.1, 0.15) is 73.2 Å². The molecular weight excluding hydrogens is 868 g/mol. The Labute approximate surface area is 390 Å². The van der Waals surface area contributed by atoms with Crippen LogP contribution in [0.15, 0.2) is 0 Å². The van der Waals surface area contributed by atoms with Crippen LogP contribution in [0.4, 0.5) is 0 Å². The van der Waals surface area contributed by atoms with Crippen molar-refractivity contribution in [1.82, 2.24) is 0 Å². The number of unbranched alkanes of at least 4 members (excludes halogenated alkanes) is 8. The standard InChI is InChI=1S/C47H82O19/c1-11-12-18-21-28(22-19-16-14-13-15-17-20-23-29(48)54-10)59-44-41-39(64-47(8,9)66-41)37(27(5)58-44)62-43-34(53)31(50)35(25(3)57-43)60-42-33(52)32(51)36(26(4)56-42)61-45-40-38(30(49)24(2)55-45)63-46(6,7)65-40/h24-28,30-45,49-53H,11-23H2,1-10H3/t24-,25-,26-,27-,28-,30-,31-,32-,33+,34+,35-,36-,37-,38+,39+,40+,41+,42-,43-,44-,45-/m0/s1. The van der Waals surface area contributed by atoms with Crippen LogP contribution in [0.25, 0.3) is 0 Å². The van der Waals surface area contributed by atoms with Crippen molar-refractivity contribution >= 4 is 5.97 Å². The molecule has 0 spiro atoms. The average Bonchev–Trinajstić information content (AvgIpc) is 3.78. The van der Waals surface area contributed by atoms with Gasteiger partial charge < -0.3 is 87.1 Å². The normalized spacial score (nSPS) is 43.6. The maximum atomic E-state index is 11.5. The Morgan fingerprint density at radius 2 is 0.924 bits per heavy atom. The highest BCUT2D eigenvalue weighted by Gasteiger charge is 2.59. The Hall–Kier alpha value is -1.21. The lowest BCUT2D eigenvalue weighted by molar-refractivity contribution is -0.378. The van der Waals surface area contributed by atoms with E-state index in [-0.39, 0.29) is 12.1 Å². The largest absolute Gasteiger partial charge is 0.469 e. The third kappa shape index (κ3) is 13.4. The number of methoxy groups -OCH3 is 1. The molecule has 5 N–H and O–H groups in total. The molecule has 0 aliphatic carbocycles. The number of carbonyl (C=O) groups excluding carboxylic acids is 1. The van der Waals surface area contributed by atoms with E-state index in [1.807, 2.05) is 20.8 Å². The Morgan fingerprint density at radius 3 is 1.48 bits per heavy atom. The summed E-state index contributed by atoms with van der Waals surface area (Å²) in [5, 5.41) is 56.3. The monoisotopic (exact) mass is 951 g/mol. The highest BCUT2D eigenvalue weighted by molar-refractivity contribution is 5.68. The predicted octanol–water partition coefficient (Wildman–Crippen LogP) is 3.62. The van der Waals surface area contributed by atoms with E-state index in [0.29, 0.717) is 6.42 Å². The molecule has 0 aromatic heterocycles. The van der Waals surface area contributed by atoms with E-state index in [4.69, 9.17) is 61.6 Å². The van der Waals surface area contributed by atoms with Gasteiger partial charge in [0.25, 0.3) is 0 Å². The van der Waals surface area contributed by atoms with Crippen LogP contribution in [0.2, 0.25) is 0 Å². The molecule has 0 aromatic carbocycles. The maximum absolute atomic E-state index is 11.5. The number of hydrogen-bond donors (Lipinski definition) is 5. The summed E-state index contributed by atoms with van der Waals surface area (Å²) in [5.41, 5.74) is 0. The Bertz CT molecular complexity index is 1490. The van der Waals surface area contributed by atoms with Gasteiger partial charge in [-0.05, 0) is 74.7 Å². The number of carbonyl (C=O) groups is 1. The van der Waals surface area contributed by atoms with Gasteiger partial charge in [0.05, 0.1) is 37.6 Å². The van der Waals surface area contributed by atoms with Gasteiger partial charge in [0.15, 0.2) is 36.7 Å². The zero-order chi connectivity index (χ0) is 48.1. The lowest BCUT2D eigenvalue weighted by Gasteiger charge is -2.48. The highest BCUT2D eigenvalue weighted by Crippen LogP contribution is 2.43. The summed E-state index contributed by atoms with van der Waals surface area (Å²) in [6.45, 7) is 16.0. The number of aliphatic hydroxyl groups excluding tert-OH is 5. The van der Waals surface area contributed by atoms with E-state index in [1.165, 1.54) is 7.11 Å². The summed E-state index contributed by atoms with van der Waals surface area (Å²) in [6.07, 6.45) is -8.28. The van der Waals surface area contributed by atoms with Crippen LogP contribution in [0.1, 0.15) is 146 Å². The first kappa shape index (κ1) is 54.1. The molecule has 19 nitrogen and oxygen atoms in total. The topological polar surface area (TPSA) is 238 Å². The Balaban J connectivity index is 1.02. The molecule has 19 heteroatoms. The molecule has 384 valence electrons. The van der Waals surface area contributed by atoms with Gasteiger partial charge >= 0.3 is 5.97 Å². The second kappa shape index (κ2) is 23.8. The predicted molar refractivity (Wildman–Crippen MR) is 232 cm³/mol. The van der Waals surface area contributed by atoms with Gasteiger partial charge in [-0.2, -0.15) is 0 Å². The van der Waals surface area contributed by atoms with Crippen LogP contribution in [0, 0.1) is 0 Å². The van der Waals surface area contributed by atoms with Gasteiger partial charge in [-0.1, -0.05) is 64.7 Å². The molecule has 0 radical (unpaired) electrons. The molecule has 0 saturated carbocycles. The summed E-state index contributed by atoms with van der Waals surface area (Å²) in [5.74, 6) is -2.16. The van der Waals surface area contributed by atoms with Gasteiger partial charge in [0.2, 0.25) is 0 Å². The first-order valence-corrected chi connectivity index (χ1v) is 24.7. The molecule has 6 heterocycles. The highest BCUT2D eigenvalue weighted by atomic mass is 16.8. The minimum Gasteiger partial charge on any atom is -0.469 e. The molecule has 6 aliphatic heterocycles. The quantitative estimate of drug-likeness (QED) is 0.0770. The van der Waals surface area contributed by atoms with Crippen LogP contribution in [-0.4, -0.2) is 179 Å². The fourth-order valence-corrected chi connectivity index (χ4v) is 10.0. The van der Waals surface area contributed by atoms with Crippen LogP contribution in [0.3, 0.4) is 0 Å². The van der Waals surface area contributed by atoms with Crippen molar-refractivity contribution in [3.8, 4) is 0 Å². The summed E-state index contributed by atoms with van der Waals surface area (Å²) >= 11 is 0. The molecule has 21 atom stereocenters.